The molecular formula is C17H16. The Morgan fingerprint density at radius 3 is 2.24 bits per heavy atom. The van der Waals surface area contributed by atoms with Gasteiger partial charge in [0, 0.05) is 5.92 Å². The molecule has 0 N–H and O–H groups in total. The molecule has 2 aliphatic rings. The fraction of sp³-hybridized carbons (Fsp3) is 0.294. The standard InChI is InChI=1S/C17H16/c1-3-7-15-12(5-1)9-10-14-11-13-6-2-4-8-16(13)17(14)15/h1-8,14,17H,9-11H2. The molecule has 2 atom stereocenters. The maximum atomic E-state index is 2.34. The highest BCUT2D eigenvalue weighted by atomic mass is 14.4. The summed E-state index contributed by atoms with van der Waals surface area (Å²) in [5.41, 5.74) is 6.34. The van der Waals surface area contributed by atoms with Crippen molar-refractivity contribution < 1.29 is 0 Å². The van der Waals surface area contributed by atoms with Crippen LogP contribution in [-0.4, -0.2) is 0 Å². The first-order chi connectivity index (χ1) is 8.43. The van der Waals surface area contributed by atoms with E-state index in [-0.39, 0.29) is 0 Å². The first-order valence-electron chi connectivity index (χ1n) is 6.59. The van der Waals surface area contributed by atoms with Crippen molar-refractivity contribution in [3.05, 3.63) is 70.8 Å². The maximum Gasteiger partial charge on any atom is 0.0126 e. The van der Waals surface area contributed by atoms with Crippen LogP contribution in [0.5, 0.6) is 0 Å². The molecule has 0 saturated carbocycles. The Labute approximate surface area is 102 Å². The Kier molecular flexibility index (Phi) is 1.93. The van der Waals surface area contributed by atoms with Gasteiger partial charge < -0.3 is 0 Å². The highest BCUT2D eigenvalue weighted by molar-refractivity contribution is 5.47. The number of aryl methyl sites for hydroxylation is 1. The van der Waals surface area contributed by atoms with Crippen molar-refractivity contribution in [2.45, 2.75) is 25.2 Å². The van der Waals surface area contributed by atoms with Crippen LogP contribution >= 0.6 is 0 Å². The molecule has 2 aliphatic carbocycles. The SMILES string of the molecule is c1ccc2c(c1)CCC1Cc3ccccc3C21. The predicted octanol–water partition coefficient (Wildman–Crippen LogP) is 3.94. The summed E-state index contributed by atoms with van der Waals surface area (Å²) in [6, 6.07) is 18.1. The van der Waals surface area contributed by atoms with Crippen LogP contribution in [-0.2, 0) is 12.8 Å². The van der Waals surface area contributed by atoms with Crippen LogP contribution in [0.25, 0.3) is 0 Å². The number of rotatable bonds is 0. The molecule has 0 aliphatic heterocycles. The molecule has 0 heterocycles. The zero-order valence-corrected chi connectivity index (χ0v) is 9.89. The van der Waals surface area contributed by atoms with Crippen molar-refractivity contribution >= 4 is 0 Å². The highest BCUT2D eigenvalue weighted by Crippen LogP contribution is 2.48. The quantitative estimate of drug-likeness (QED) is 0.631. The molecule has 4 rings (SSSR count). The van der Waals surface area contributed by atoms with Crippen molar-refractivity contribution in [3.8, 4) is 0 Å². The Morgan fingerprint density at radius 1 is 0.765 bits per heavy atom. The van der Waals surface area contributed by atoms with Gasteiger partial charge in [0.05, 0.1) is 0 Å². The third kappa shape index (κ3) is 1.30. The molecule has 0 radical (unpaired) electrons. The van der Waals surface area contributed by atoms with E-state index in [1.54, 1.807) is 22.3 Å². The molecule has 0 amide bonds. The normalized spacial score (nSPS) is 24.9. The molecule has 17 heavy (non-hydrogen) atoms. The first kappa shape index (κ1) is 9.47. The van der Waals surface area contributed by atoms with E-state index in [1.807, 2.05) is 0 Å². The molecule has 0 bridgehead atoms. The largest absolute Gasteiger partial charge is 0.0620 e. The minimum Gasteiger partial charge on any atom is -0.0620 e. The molecule has 2 aromatic carbocycles. The monoisotopic (exact) mass is 220 g/mol. The van der Waals surface area contributed by atoms with E-state index >= 15 is 0 Å². The van der Waals surface area contributed by atoms with Gasteiger partial charge in [0.15, 0.2) is 0 Å². The van der Waals surface area contributed by atoms with E-state index in [4.69, 9.17) is 0 Å². The Balaban J connectivity index is 1.92. The molecular weight excluding hydrogens is 204 g/mol. The lowest BCUT2D eigenvalue weighted by Crippen LogP contribution is -2.17. The van der Waals surface area contributed by atoms with E-state index < -0.39 is 0 Å². The first-order valence-corrected chi connectivity index (χ1v) is 6.59. The molecule has 2 aromatic rings. The summed E-state index contributed by atoms with van der Waals surface area (Å²) in [5, 5.41) is 0. The van der Waals surface area contributed by atoms with Gasteiger partial charge >= 0.3 is 0 Å². The summed E-state index contributed by atoms with van der Waals surface area (Å²) < 4.78 is 0. The third-order valence-corrected chi connectivity index (χ3v) is 4.52. The highest BCUT2D eigenvalue weighted by Gasteiger charge is 2.36. The van der Waals surface area contributed by atoms with Crippen LogP contribution in [0.2, 0.25) is 0 Å². The fourth-order valence-corrected chi connectivity index (χ4v) is 3.77. The van der Waals surface area contributed by atoms with Crippen LogP contribution in [0.1, 0.15) is 34.6 Å². The van der Waals surface area contributed by atoms with E-state index in [0.717, 1.165) is 5.92 Å². The van der Waals surface area contributed by atoms with Gasteiger partial charge in [-0.2, -0.15) is 0 Å². The number of hydrogen-bond donors (Lipinski definition) is 0. The molecule has 0 aromatic heterocycles. The minimum atomic E-state index is 0.677. The Morgan fingerprint density at radius 2 is 1.41 bits per heavy atom. The van der Waals surface area contributed by atoms with E-state index in [0.29, 0.717) is 5.92 Å². The smallest absolute Gasteiger partial charge is 0.0126 e. The van der Waals surface area contributed by atoms with E-state index in [9.17, 15) is 0 Å². The van der Waals surface area contributed by atoms with Crippen molar-refractivity contribution in [2.75, 3.05) is 0 Å². The summed E-state index contributed by atoms with van der Waals surface area (Å²) in [7, 11) is 0. The second kappa shape index (κ2) is 3.46. The topological polar surface area (TPSA) is 0 Å². The zero-order valence-electron chi connectivity index (χ0n) is 9.89. The Bertz CT molecular complexity index is 568. The zero-order chi connectivity index (χ0) is 11.2. The van der Waals surface area contributed by atoms with Crippen LogP contribution in [0.4, 0.5) is 0 Å². The average Bonchev–Trinajstić information content (AvgIpc) is 2.77. The third-order valence-electron chi connectivity index (χ3n) is 4.52. The number of fused-ring (bicyclic) bond motifs is 5. The van der Waals surface area contributed by atoms with Gasteiger partial charge in [-0.15, -0.1) is 0 Å². The summed E-state index contributed by atoms with van der Waals surface area (Å²) in [6.45, 7) is 0. The van der Waals surface area contributed by atoms with Gasteiger partial charge in [-0.1, -0.05) is 48.5 Å². The number of hydrogen-bond acceptors (Lipinski definition) is 0. The minimum absolute atomic E-state index is 0.677. The molecule has 0 spiro atoms. The summed E-state index contributed by atoms with van der Waals surface area (Å²) in [6.07, 6.45) is 3.91. The summed E-state index contributed by atoms with van der Waals surface area (Å²) in [5.74, 6) is 1.53. The average molecular weight is 220 g/mol. The van der Waals surface area contributed by atoms with Gasteiger partial charge in [-0.3, -0.25) is 0 Å². The molecule has 0 nitrogen and oxygen atoms in total. The van der Waals surface area contributed by atoms with E-state index in [2.05, 4.69) is 48.5 Å². The van der Waals surface area contributed by atoms with E-state index in [1.165, 1.54) is 19.3 Å². The maximum absolute atomic E-state index is 2.34. The van der Waals surface area contributed by atoms with Crippen LogP contribution < -0.4 is 0 Å². The van der Waals surface area contributed by atoms with Crippen molar-refractivity contribution in [3.63, 3.8) is 0 Å². The number of benzene rings is 2. The lowest BCUT2D eigenvalue weighted by Gasteiger charge is -2.28. The lowest BCUT2D eigenvalue weighted by atomic mass is 9.75. The summed E-state index contributed by atoms with van der Waals surface area (Å²) >= 11 is 0. The lowest BCUT2D eigenvalue weighted by molar-refractivity contribution is 0.440. The van der Waals surface area contributed by atoms with Crippen molar-refractivity contribution in [1.29, 1.82) is 0 Å². The molecule has 0 saturated heterocycles. The molecule has 84 valence electrons. The van der Waals surface area contributed by atoms with Gasteiger partial charge in [0.1, 0.15) is 0 Å². The van der Waals surface area contributed by atoms with Crippen LogP contribution in [0.3, 0.4) is 0 Å². The molecule has 0 heteroatoms. The van der Waals surface area contributed by atoms with Crippen molar-refractivity contribution in [2.24, 2.45) is 5.92 Å². The van der Waals surface area contributed by atoms with Gasteiger partial charge in [-0.05, 0) is 47.4 Å². The summed E-state index contributed by atoms with van der Waals surface area (Å²) in [4.78, 5) is 0. The second-order valence-corrected chi connectivity index (χ2v) is 5.38. The van der Waals surface area contributed by atoms with Crippen LogP contribution in [0, 0.1) is 5.92 Å². The van der Waals surface area contributed by atoms with Gasteiger partial charge in [-0.25, -0.2) is 0 Å². The predicted molar refractivity (Wildman–Crippen MR) is 70.2 cm³/mol. The van der Waals surface area contributed by atoms with Crippen LogP contribution in [0.15, 0.2) is 48.5 Å². The second-order valence-electron chi connectivity index (χ2n) is 5.38. The molecule has 0 fully saturated rings. The van der Waals surface area contributed by atoms with Gasteiger partial charge in [0.2, 0.25) is 0 Å². The molecule has 2 unspecified atom stereocenters. The fourth-order valence-electron chi connectivity index (χ4n) is 3.77. The van der Waals surface area contributed by atoms with Crippen molar-refractivity contribution in [1.82, 2.24) is 0 Å². The Hall–Kier alpha value is -1.56. The van der Waals surface area contributed by atoms with Gasteiger partial charge in [0.25, 0.3) is 0 Å².